The smallest absolute Gasteiger partial charge is 0.237 e. The molecule has 11 heavy (non-hydrogen) atoms. The Kier molecular flexibility index (Phi) is 2.37. The van der Waals surface area contributed by atoms with Crippen LogP contribution >= 0.6 is 0 Å². The Morgan fingerprint density at radius 3 is 2.36 bits per heavy atom. The first-order valence-electron chi connectivity index (χ1n) is 3.77. The van der Waals surface area contributed by atoms with Gasteiger partial charge in [-0.1, -0.05) is 13.8 Å². The van der Waals surface area contributed by atoms with Crippen LogP contribution in [0.1, 0.15) is 20.8 Å². The molecule has 1 heterocycles. The molecule has 0 aromatic rings. The largest absolute Gasteiger partial charge is 0.276 e. The van der Waals surface area contributed by atoms with Crippen LogP contribution in [0.25, 0.3) is 0 Å². The maximum Gasteiger partial charge on any atom is 0.237 e. The van der Waals surface area contributed by atoms with Crippen LogP contribution in [0.3, 0.4) is 0 Å². The van der Waals surface area contributed by atoms with Crippen molar-refractivity contribution < 1.29 is 8.39 Å². The lowest BCUT2D eigenvalue weighted by Crippen LogP contribution is -2.45. The monoisotopic (exact) mass is 177 g/mol. The molecule has 4 heteroatoms. The van der Waals surface area contributed by atoms with Gasteiger partial charge in [0.2, 0.25) is 11.3 Å². The highest BCUT2D eigenvalue weighted by Gasteiger charge is 2.42. The van der Waals surface area contributed by atoms with E-state index in [2.05, 4.69) is 20.8 Å². The van der Waals surface area contributed by atoms with Crippen LogP contribution in [0.2, 0.25) is 0 Å². The van der Waals surface area contributed by atoms with Crippen molar-refractivity contribution in [2.24, 2.45) is 5.92 Å². The minimum atomic E-state index is -1.22. The molecule has 1 saturated heterocycles. The minimum absolute atomic E-state index is 0.0646. The molecule has 2 unspecified atom stereocenters. The summed E-state index contributed by atoms with van der Waals surface area (Å²) in [4.78, 5) is 0. The molecule has 0 aromatic carbocycles. The van der Waals surface area contributed by atoms with Gasteiger partial charge in [-0.25, -0.2) is 4.21 Å². The zero-order valence-corrected chi connectivity index (χ0v) is 8.27. The van der Waals surface area contributed by atoms with Crippen LogP contribution in [0.5, 0.6) is 0 Å². The molecule has 1 fully saturated rings. The van der Waals surface area contributed by atoms with Gasteiger partial charge in [0.05, 0.1) is 12.1 Å². The molecule has 0 radical (unpaired) electrons. The molecule has 0 bridgehead atoms. The topological polar surface area (TPSA) is 29.5 Å². The maximum atomic E-state index is 11.1. The zero-order valence-electron chi connectivity index (χ0n) is 7.46. The predicted octanol–water partition coefficient (Wildman–Crippen LogP) is 0.942. The van der Waals surface area contributed by atoms with E-state index >= 15 is 0 Å². The van der Waals surface area contributed by atoms with E-state index in [1.807, 2.05) is 7.05 Å². The summed E-state index contributed by atoms with van der Waals surface area (Å²) in [6.45, 7) is 6.86. The second-order valence-electron chi connectivity index (χ2n) is 3.49. The quantitative estimate of drug-likeness (QED) is 0.596. The Hall–Kier alpha value is 0.0700. The van der Waals surface area contributed by atoms with Crippen molar-refractivity contribution in [1.82, 2.24) is 4.31 Å². The Labute approximate surface area is 70.5 Å². The molecule has 1 rings (SSSR count). The van der Waals surface area contributed by atoms with Crippen LogP contribution in [-0.4, -0.2) is 27.7 Å². The van der Waals surface area contributed by atoms with Crippen LogP contribution in [0, 0.1) is 5.92 Å². The van der Waals surface area contributed by atoms with Crippen molar-refractivity contribution in [2.75, 3.05) is 13.7 Å². The summed E-state index contributed by atoms with van der Waals surface area (Å²) in [5, 5.41) is 0. The molecular formula is C7H15NO2S. The van der Waals surface area contributed by atoms with E-state index in [1.165, 1.54) is 0 Å². The Morgan fingerprint density at radius 2 is 2.18 bits per heavy atom. The first-order valence-corrected chi connectivity index (χ1v) is 4.80. The molecule has 3 nitrogen and oxygen atoms in total. The summed E-state index contributed by atoms with van der Waals surface area (Å²) in [7, 11) is 1.84. The summed E-state index contributed by atoms with van der Waals surface area (Å²) in [6, 6.07) is 0. The predicted molar refractivity (Wildman–Crippen MR) is 45.1 cm³/mol. The summed E-state index contributed by atoms with van der Waals surface area (Å²) < 4.78 is 17.9. The van der Waals surface area contributed by atoms with E-state index in [1.54, 1.807) is 4.31 Å². The Bertz CT molecular complexity index is 183. The summed E-state index contributed by atoms with van der Waals surface area (Å²) >= 11 is -1.22. The van der Waals surface area contributed by atoms with Gasteiger partial charge in [0.25, 0.3) is 0 Å². The van der Waals surface area contributed by atoms with Crippen molar-refractivity contribution in [2.45, 2.75) is 26.3 Å². The molecule has 0 aromatic heterocycles. The number of rotatable bonds is 1. The van der Waals surface area contributed by atoms with Crippen molar-refractivity contribution in [1.29, 1.82) is 0 Å². The van der Waals surface area contributed by atoms with Gasteiger partial charge in [-0.05, 0) is 12.8 Å². The van der Waals surface area contributed by atoms with Crippen molar-refractivity contribution >= 4 is 11.3 Å². The molecule has 1 aliphatic rings. The molecule has 66 valence electrons. The van der Waals surface area contributed by atoms with Crippen LogP contribution < -0.4 is 0 Å². The van der Waals surface area contributed by atoms with Gasteiger partial charge in [0.1, 0.15) is 0 Å². The van der Waals surface area contributed by atoms with Gasteiger partial charge < -0.3 is 0 Å². The lowest BCUT2D eigenvalue weighted by Gasteiger charge is -2.31. The SMILES string of the molecule is CC(C)C1(C)COS(=O)N1C. The lowest BCUT2D eigenvalue weighted by atomic mass is 9.90. The Balaban J connectivity index is 2.81. The van der Waals surface area contributed by atoms with Gasteiger partial charge in [-0.3, -0.25) is 4.18 Å². The average molecular weight is 177 g/mol. The molecule has 0 amide bonds. The van der Waals surface area contributed by atoms with Gasteiger partial charge in [0, 0.05) is 7.05 Å². The maximum absolute atomic E-state index is 11.1. The van der Waals surface area contributed by atoms with Crippen molar-refractivity contribution in [3.8, 4) is 0 Å². The number of hydrogen-bond donors (Lipinski definition) is 0. The molecule has 0 N–H and O–H groups in total. The van der Waals surface area contributed by atoms with E-state index in [-0.39, 0.29) is 5.54 Å². The highest BCUT2D eigenvalue weighted by molar-refractivity contribution is 7.78. The summed E-state index contributed by atoms with van der Waals surface area (Å²) in [5.74, 6) is 0.457. The minimum Gasteiger partial charge on any atom is -0.276 e. The van der Waals surface area contributed by atoms with Crippen molar-refractivity contribution in [3.05, 3.63) is 0 Å². The lowest BCUT2D eigenvalue weighted by molar-refractivity contribution is 0.162. The fourth-order valence-electron chi connectivity index (χ4n) is 1.04. The van der Waals surface area contributed by atoms with E-state index < -0.39 is 11.3 Å². The van der Waals surface area contributed by atoms with Crippen LogP contribution in [-0.2, 0) is 15.4 Å². The van der Waals surface area contributed by atoms with Gasteiger partial charge in [0.15, 0.2) is 0 Å². The third-order valence-corrected chi connectivity index (χ3v) is 3.82. The molecular weight excluding hydrogens is 162 g/mol. The fourth-order valence-corrected chi connectivity index (χ4v) is 2.14. The normalized spacial score (nSPS) is 40.3. The molecule has 1 aliphatic heterocycles. The fraction of sp³-hybridized carbons (Fsp3) is 1.00. The highest BCUT2D eigenvalue weighted by atomic mass is 32.2. The number of hydrogen-bond acceptors (Lipinski definition) is 2. The standard InChI is InChI=1S/C7H15NO2S/c1-6(2)7(3)5-10-11(9)8(7)4/h6H,5H2,1-4H3. The molecule has 0 aliphatic carbocycles. The third-order valence-electron chi connectivity index (χ3n) is 2.64. The van der Waals surface area contributed by atoms with E-state index in [0.29, 0.717) is 12.5 Å². The average Bonchev–Trinajstić information content (AvgIpc) is 2.18. The van der Waals surface area contributed by atoms with Gasteiger partial charge in [-0.15, -0.1) is 0 Å². The van der Waals surface area contributed by atoms with E-state index in [0.717, 1.165) is 0 Å². The second-order valence-corrected chi connectivity index (χ2v) is 4.71. The summed E-state index contributed by atoms with van der Waals surface area (Å²) in [5.41, 5.74) is -0.0646. The van der Waals surface area contributed by atoms with Gasteiger partial charge >= 0.3 is 0 Å². The Morgan fingerprint density at radius 1 is 1.64 bits per heavy atom. The third kappa shape index (κ3) is 1.35. The molecule has 0 spiro atoms. The van der Waals surface area contributed by atoms with Crippen molar-refractivity contribution in [3.63, 3.8) is 0 Å². The summed E-state index contributed by atoms with van der Waals surface area (Å²) in [6.07, 6.45) is 0. The molecule has 0 saturated carbocycles. The number of nitrogens with zero attached hydrogens (tertiary/aromatic N) is 1. The molecule has 2 atom stereocenters. The first-order chi connectivity index (χ1) is 4.98. The second kappa shape index (κ2) is 2.84. The number of likely N-dealkylation sites (N-methyl/N-ethyl adjacent to an activating group) is 1. The first kappa shape index (κ1) is 9.16. The highest BCUT2D eigenvalue weighted by Crippen LogP contribution is 2.30. The van der Waals surface area contributed by atoms with Gasteiger partial charge in [-0.2, -0.15) is 4.31 Å². The van der Waals surface area contributed by atoms with Crippen LogP contribution in [0.4, 0.5) is 0 Å². The van der Waals surface area contributed by atoms with Crippen LogP contribution in [0.15, 0.2) is 0 Å². The zero-order chi connectivity index (χ0) is 8.65. The van der Waals surface area contributed by atoms with E-state index in [4.69, 9.17) is 4.18 Å². The van der Waals surface area contributed by atoms with E-state index in [9.17, 15) is 4.21 Å².